The molecule has 14 heteroatoms. The molecule has 34 heavy (non-hydrogen) atoms. The van der Waals surface area contributed by atoms with Gasteiger partial charge in [0.15, 0.2) is 5.60 Å². The Morgan fingerprint density at radius 3 is 1.32 bits per heavy atom. The number of aryl methyl sites for hydroxylation is 2. The van der Waals surface area contributed by atoms with Gasteiger partial charge in [-0.15, -0.1) is 0 Å². The van der Waals surface area contributed by atoms with Gasteiger partial charge in [-0.2, -0.15) is 0 Å². The first-order chi connectivity index (χ1) is 15.0. The molecule has 0 aromatic heterocycles. The fourth-order valence-electron chi connectivity index (χ4n) is 2.41. The molecule has 0 spiro atoms. The predicted octanol–water partition coefficient (Wildman–Crippen LogP) is -2.60. The molecule has 13 nitrogen and oxygen atoms in total. The van der Waals surface area contributed by atoms with E-state index >= 15 is 0 Å². The molecule has 0 saturated carbocycles. The van der Waals surface area contributed by atoms with E-state index in [9.17, 15) is 33.9 Å². The van der Waals surface area contributed by atoms with E-state index in [0.717, 1.165) is 0 Å². The van der Waals surface area contributed by atoms with Gasteiger partial charge >= 0.3 is 65.4 Å². The molecule has 6 N–H and O–H groups in total. The first-order valence-electron chi connectivity index (χ1n) is 9.12. The number of aliphatic hydroxyl groups is 1. The minimum absolute atomic E-state index is 0. The Balaban J connectivity index is -0.000000863. The van der Waals surface area contributed by atoms with Crippen LogP contribution in [0.4, 0.5) is 0 Å². The van der Waals surface area contributed by atoms with Crippen molar-refractivity contribution in [2.75, 3.05) is 0 Å². The van der Waals surface area contributed by atoms with Crippen molar-refractivity contribution in [2.45, 2.75) is 50.7 Å². The average Bonchev–Trinajstić information content (AvgIpc) is 2.62. The zero-order valence-electron chi connectivity index (χ0n) is 19.7. The molecular weight excluding hydrogens is 471 g/mol. The summed E-state index contributed by atoms with van der Waals surface area (Å²) in [5.74, 6) is -11.6. The molecule has 0 saturated heterocycles. The second-order valence-corrected chi connectivity index (χ2v) is 7.15. The number of benzene rings is 1. The zero-order chi connectivity index (χ0) is 26.0. The molecule has 1 aromatic carbocycles. The molecule has 1 rings (SSSR count). The van der Waals surface area contributed by atoms with Crippen molar-refractivity contribution in [1.82, 2.24) is 0 Å². The third kappa shape index (κ3) is 11.7. The minimum atomic E-state index is -3.17. The van der Waals surface area contributed by atoms with Crippen LogP contribution < -0.4 is 29.6 Å². The van der Waals surface area contributed by atoms with Crippen LogP contribution in [0.3, 0.4) is 0 Å². The van der Waals surface area contributed by atoms with Crippen LogP contribution in [0.5, 0.6) is 0 Å². The Morgan fingerprint density at radius 2 is 1.06 bits per heavy atom. The van der Waals surface area contributed by atoms with Crippen LogP contribution in [0.1, 0.15) is 38.2 Å². The van der Waals surface area contributed by atoms with E-state index in [1.807, 2.05) is 0 Å². The maximum Gasteiger partial charge on any atom is 1.00 e. The molecular formula is C20H25NaO13. The Morgan fingerprint density at radius 1 is 0.706 bits per heavy atom. The molecule has 0 amide bonds. The molecule has 0 aliphatic carbocycles. The topological polar surface area (TPSA) is 233 Å². The van der Waals surface area contributed by atoms with Gasteiger partial charge in [-0.1, -0.05) is 35.4 Å². The molecule has 0 bridgehead atoms. The van der Waals surface area contributed by atoms with Gasteiger partial charge in [0.05, 0.1) is 25.7 Å². The monoisotopic (exact) mass is 496 g/mol. The first kappa shape index (κ1) is 33.2. The molecule has 0 aliphatic rings. The number of hydrogen-bond acceptors (Lipinski definition) is 8. The van der Waals surface area contributed by atoms with Crippen molar-refractivity contribution >= 4 is 35.8 Å². The van der Waals surface area contributed by atoms with Gasteiger partial charge in [0.25, 0.3) is 0 Å². The van der Waals surface area contributed by atoms with E-state index in [1.54, 1.807) is 0 Å². The maximum absolute atomic E-state index is 11.7. The molecule has 184 valence electrons. The number of ether oxygens (including phenoxy) is 1. The largest absolute Gasteiger partial charge is 1.00 e. The van der Waals surface area contributed by atoms with Crippen LogP contribution in [0.25, 0.3) is 0 Å². The fraction of sp³-hybridized carbons (Fsp3) is 0.400. The van der Waals surface area contributed by atoms with Gasteiger partial charge in [0.1, 0.15) is 0 Å². The van der Waals surface area contributed by atoms with Gasteiger partial charge in [-0.05, 0) is 13.8 Å². The molecule has 0 heterocycles. The quantitative estimate of drug-likeness (QED) is 0.136. The summed E-state index contributed by atoms with van der Waals surface area (Å²) in [5, 5.41) is 53.5. The molecule has 0 aliphatic heterocycles. The molecule has 1 atom stereocenters. The molecule has 0 radical (unpaired) electrons. The summed E-state index contributed by atoms with van der Waals surface area (Å²) in [6, 6.07) is 8.48. The van der Waals surface area contributed by atoms with Gasteiger partial charge in [-0.25, -0.2) is 9.59 Å². The van der Waals surface area contributed by atoms with Crippen molar-refractivity contribution in [2.24, 2.45) is 0 Å². The summed E-state index contributed by atoms with van der Waals surface area (Å²) in [6.45, 7) is 4.19. The fourth-order valence-corrected chi connectivity index (χ4v) is 2.41. The van der Waals surface area contributed by atoms with Crippen LogP contribution >= 0.6 is 0 Å². The van der Waals surface area contributed by atoms with Crippen molar-refractivity contribution in [3.8, 4) is 0 Å². The number of carbonyl (C=O) groups excluding carboxylic acids is 1. The third-order valence-corrected chi connectivity index (χ3v) is 4.07. The maximum atomic E-state index is 11.7. The predicted molar refractivity (Wildman–Crippen MR) is 107 cm³/mol. The molecule has 0 fully saturated rings. The number of hydrogen-bond donors (Lipinski definition) is 6. The number of carboxylic acids is 5. The van der Waals surface area contributed by atoms with Gasteiger partial charge in [-0.3, -0.25) is 19.2 Å². The van der Waals surface area contributed by atoms with E-state index < -0.39 is 72.7 Å². The third-order valence-electron chi connectivity index (χ3n) is 4.07. The molecule has 1 unspecified atom stereocenters. The molecule has 1 aromatic rings. The number of carboxylic acid groups (broad SMARTS) is 5. The number of esters is 1. The van der Waals surface area contributed by atoms with Crippen molar-refractivity contribution in [1.29, 1.82) is 0 Å². The van der Waals surface area contributed by atoms with E-state index in [1.165, 1.54) is 11.1 Å². The minimum Gasteiger partial charge on any atom is -1.00 e. The summed E-state index contributed by atoms with van der Waals surface area (Å²) in [7, 11) is 0. The second-order valence-electron chi connectivity index (χ2n) is 7.15. The van der Waals surface area contributed by atoms with E-state index in [0.29, 0.717) is 0 Å². The number of carbonyl (C=O) groups is 6. The summed E-state index contributed by atoms with van der Waals surface area (Å²) >= 11 is 0. The van der Waals surface area contributed by atoms with Crippen LogP contribution in [-0.4, -0.2) is 77.7 Å². The van der Waals surface area contributed by atoms with Crippen molar-refractivity contribution in [3.05, 3.63) is 35.4 Å². The SMILES string of the molecule is Cc1ccc(C)cc1.O=C(O)CC(O)(CC(=O)OC(CC(=O)O)(CC(=O)O)C(=O)O)C(=O)O.[H-].[Na+]. The van der Waals surface area contributed by atoms with E-state index in [-0.39, 0.29) is 31.0 Å². The zero-order valence-corrected chi connectivity index (χ0v) is 20.7. The van der Waals surface area contributed by atoms with E-state index in [4.69, 9.17) is 25.5 Å². The van der Waals surface area contributed by atoms with Gasteiger partial charge in [0, 0.05) is 0 Å². The standard InChI is InChI=1S/C12H14O13.C8H10.Na.H/c13-5(14)1-11(24,9(20)21)4-8(19)25-12(10(22)23,2-6(15)16)3-7(17)18;1-7-3-5-8(2)6-4-7;;/h24H,1-4H2,(H,13,14)(H,15,16)(H,17,18)(H,20,21)(H,22,23);3-6H,1-2H3;;/q;;+1;-1. The Bertz CT molecular complexity index is 879. The Labute approximate surface area is 216 Å². The van der Waals surface area contributed by atoms with Crippen LogP contribution in [0.2, 0.25) is 0 Å². The average molecular weight is 496 g/mol. The smallest absolute Gasteiger partial charge is 1.00 e. The van der Waals surface area contributed by atoms with Gasteiger partial charge < -0.3 is 36.8 Å². The van der Waals surface area contributed by atoms with E-state index in [2.05, 4.69) is 42.8 Å². The van der Waals surface area contributed by atoms with Crippen LogP contribution in [0.15, 0.2) is 24.3 Å². The second kappa shape index (κ2) is 14.3. The normalized spacial score (nSPS) is 12.0. The van der Waals surface area contributed by atoms with Crippen LogP contribution in [0, 0.1) is 13.8 Å². The number of aliphatic carboxylic acids is 5. The summed E-state index contributed by atoms with van der Waals surface area (Å²) in [6.07, 6.45) is -5.94. The Hall–Kier alpha value is -3.00. The first-order valence-corrected chi connectivity index (χ1v) is 9.12. The summed E-state index contributed by atoms with van der Waals surface area (Å²) in [5.41, 5.74) is -3.58. The Kier molecular flexibility index (Phi) is 14.0. The summed E-state index contributed by atoms with van der Waals surface area (Å²) < 4.78 is 4.33. The van der Waals surface area contributed by atoms with Gasteiger partial charge in [0.2, 0.25) is 5.60 Å². The van der Waals surface area contributed by atoms with Crippen molar-refractivity contribution in [3.63, 3.8) is 0 Å². The summed E-state index contributed by atoms with van der Waals surface area (Å²) in [4.78, 5) is 66.0. The number of rotatable bonds is 11. The van der Waals surface area contributed by atoms with Crippen molar-refractivity contribution < 1.29 is 95.1 Å². The van der Waals surface area contributed by atoms with Crippen LogP contribution in [-0.2, 0) is 33.5 Å².